The molecular weight excluding hydrogens is 172 g/mol. The Morgan fingerprint density at radius 3 is 2.83 bits per heavy atom. The molecule has 0 amide bonds. The average molecular weight is 184 g/mol. The molecule has 12 heavy (non-hydrogen) atoms. The number of rotatable bonds is 4. The fraction of sp³-hybridized carbons (Fsp3) is 0.333. The summed E-state index contributed by atoms with van der Waals surface area (Å²) in [7, 11) is 0. The molecule has 1 N–H and O–H groups in total. The van der Waals surface area contributed by atoms with E-state index in [0.29, 0.717) is 18.3 Å². The molecule has 0 aliphatic heterocycles. The van der Waals surface area contributed by atoms with E-state index in [4.69, 9.17) is 4.74 Å². The molecule has 0 aliphatic rings. The van der Waals surface area contributed by atoms with E-state index in [1.165, 1.54) is 11.8 Å². The summed E-state index contributed by atoms with van der Waals surface area (Å²) >= 11 is 1.50. The highest BCUT2D eigenvalue weighted by Crippen LogP contribution is 2.27. The third-order valence-electron chi connectivity index (χ3n) is 1.37. The van der Waals surface area contributed by atoms with Crippen molar-refractivity contribution in [2.45, 2.75) is 11.8 Å². The largest absolute Gasteiger partial charge is 0.507 e. The fourth-order valence-electron chi connectivity index (χ4n) is 0.768. The van der Waals surface area contributed by atoms with Crippen LogP contribution in [0.1, 0.15) is 6.92 Å². The summed E-state index contributed by atoms with van der Waals surface area (Å²) < 4.78 is 5.14. The van der Waals surface area contributed by atoms with Crippen molar-refractivity contribution in [2.24, 2.45) is 0 Å². The Morgan fingerprint density at radius 2 is 2.17 bits per heavy atom. The van der Waals surface area contributed by atoms with Gasteiger partial charge in [-0.15, -0.1) is 0 Å². The van der Waals surface area contributed by atoms with Crippen LogP contribution in [-0.4, -0.2) is 17.7 Å². The zero-order chi connectivity index (χ0) is 8.81. The van der Waals surface area contributed by atoms with E-state index in [1.807, 2.05) is 19.1 Å². The fourth-order valence-corrected chi connectivity index (χ4v) is 1.54. The topological polar surface area (TPSA) is 29.5 Å². The molecule has 0 spiro atoms. The number of phenols is 1. The normalized spacial score (nSPS) is 10.1. The van der Waals surface area contributed by atoms with Crippen molar-refractivity contribution in [3.05, 3.63) is 24.3 Å². The molecule has 0 aliphatic carbocycles. The van der Waals surface area contributed by atoms with Gasteiger partial charge < -0.3 is 9.84 Å². The first kappa shape index (κ1) is 9.42. The minimum absolute atomic E-state index is 0.321. The van der Waals surface area contributed by atoms with Gasteiger partial charge in [-0.1, -0.05) is 23.9 Å². The maximum absolute atomic E-state index is 9.33. The second-order valence-corrected chi connectivity index (χ2v) is 3.19. The van der Waals surface area contributed by atoms with Gasteiger partial charge in [0.25, 0.3) is 0 Å². The second kappa shape index (κ2) is 5.06. The Bertz CT molecular complexity index is 238. The van der Waals surface area contributed by atoms with Crippen molar-refractivity contribution in [2.75, 3.05) is 12.5 Å². The van der Waals surface area contributed by atoms with Gasteiger partial charge >= 0.3 is 0 Å². The smallest absolute Gasteiger partial charge is 0.129 e. The van der Waals surface area contributed by atoms with Gasteiger partial charge in [-0.3, -0.25) is 0 Å². The number of aromatic hydroxyl groups is 1. The highest BCUT2D eigenvalue weighted by atomic mass is 32.2. The van der Waals surface area contributed by atoms with Crippen LogP contribution in [0, 0.1) is 0 Å². The number of ether oxygens (including phenoxy) is 1. The molecule has 1 aromatic rings. The zero-order valence-electron chi connectivity index (χ0n) is 6.99. The number of hydrogen-bond acceptors (Lipinski definition) is 3. The number of thioether (sulfide) groups is 1. The van der Waals surface area contributed by atoms with Gasteiger partial charge in [0.2, 0.25) is 0 Å². The molecule has 0 heterocycles. The molecule has 1 aromatic carbocycles. The number of hydrogen-bond donors (Lipinski definition) is 1. The van der Waals surface area contributed by atoms with Gasteiger partial charge in [0.1, 0.15) is 5.75 Å². The van der Waals surface area contributed by atoms with Gasteiger partial charge in [-0.05, 0) is 19.1 Å². The molecule has 66 valence electrons. The Hall–Kier alpha value is -0.670. The molecule has 0 saturated carbocycles. The molecule has 2 nitrogen and oxygen atoms in total. The lowest BCUT2D eigenvalue weighted by Crippen LogP contribution is -1.87. The van der Waals surface area contributed by atoms with Crippen LogP contribution in [0.5, 0.6) is 5.75 Å². The highest BCUT2D eigenvalue weighted by molar-refractivity contribution is 7.99. The maximum atomic E-state index is 9.33. The van der Waals surface area contributed by atoms with Crippen LogP contribution in [0.3, 0.4) is 0 Å². The zero-order valence-corrected chi connectivity index (χ0v) is 7.80. The van der Waals surface area contributed by atoms with Crippen molar-refractivity contribution in [1.29, 1.82) is 0 Å². The van der Waals surface area contributed by atoms with E-state index in [1.54, 1.807) is 12.1 Å². The molecule has 0 bridgehead atoms. The first-order valence-corrected chi connectivity index (χ1v) is 4.81. The van der Waals surface area contributed by atoms with Crippen LogP contribution >= 0.6 is 11.8 Å². The second-order valence-electron chi connectivity index (χ2n) is 2.22. The van der Waals surface area contributed by atoms with Crippen LogP contribution in [-0.2, 0) is 4.74 Å². The summed E-state index contributed by atoms with van der Waals surface area (Å²) in [6, 6.07) is 7.25. The Morgan fingerprint density at radius 1 is 1.42 bits per heavy atom. The first-order valence-electron chi connectivity index (χ1n) is 3.83. The third kappa shape index (κ3) is 2.75. The van der Waals surface area contributed by atoms with E-state index in [-0.39, 0.29) is 0 Å². The minimum atomic E-state index is 0.321. The summed E-state index contributed by atoms with van der Waals surface area (Å²) in [5.41, 5.74) is 0. The highest BCUT2D eigenvalue weighted by Gasteiger charge is 1.98. The maximum Gasteiger partial charge on any atom is 0.129 e. The molecule has 0 aromatic heterocycles. The van der Waals surface area contributed by atoms with Gasteiger partial charge in [0, 0.05) is 6.61 Å². The molecule has 0 unspecified atom stereocenters. The predicted molar refractivity (Wildman–Crippen MR) is 50.5 cm³/mol. The lowest BCUT2D eigenvalue weighted by atomic mass is 10.3. The van der Waals surface area contributed by atoms with E-state index in [2.05, 4.69) is 0 Å². The monoisotopic (exact) mass is 184 g/mol. The van der Waals surface area contributed by atoms with Crippen LogP contribution in [0.2, 0.25) is 0 Å². The van der Waals surface area contributed by atoms with Gasteiger partial charge in [0.05, 0.1) is 10.8 Å². The number of benzene rings is 1. The Balaban J connectivity index is 2.46. The molecule has 0 atom stereocenters. The summed E-state index contributed by atoms with van der Waals surface area (Å²) in [5, 5.41) is 9.33. The standard InChI is InChI=1S/C9H12O2S/c1-2-11-7-12-9-6-4-3-5-8(9)10/h3-6,10H,2,7H2,1H3. The number of phenolic OH excluding ortho intramolecular Hbond substituents is 1. The van der Waals surface area contributed by atoms with Crippen molar-refractivity contribution in [1.82, 2.24) is 0 Å². The van der Waals surface area contributed by atoms with Crippen molar-refractivity contribution in [3.8, 4) is 5.75 Å². The average Bonchev–Trinajstić information content (AvgIpc) is 2.09. The quantitative estimate of drug-likeness (QED) is 0.443. The van der Waals surface area contributed by atoms with Crippen molar-refractivity contribution in [3.63, 3.8) is 0 Å². The van der Waals surface area contributed by atoms with E-state index < -0.39 is 0 Å². The summed E-state index contributed by atoms with van der Waals surface area (Å²) in [6.45, 7) is 2.66. The van der Waals surface area contributed by atoms with E-state index in [9.17, 15) is 5.11 Å². The molecule has 0 radical (unpaired) electrons. The summed E-state index contributed by atoms with van der Waals surface area (Å²) in [5.74, 6) is 0.913. The Labute approximate surface area is 76.6 Å². The van der Waals surface area contributed by atoms with E-state index >= 15 is 0 Å². The molecule has 3 heteroatoms. The first-order chi connectivity index (χ1) is 5.84. The minimum Gasteiger partial charge on any atom is -0.507 e. The van der Waals surface area contributed by atoms with Crippen LogP contribution in [0.4, 0.5) is 0 Å². The molecule has 0 fully saturated rings. The van der Waals surface area contributed by atoms with Crippen LogP contribution in [0.25, 0.3) is 0 Å². The lowest BCUT2D eigenvalue weighted by Gasteiger charge is -2.02. The van der Waals surface area contributed by atoms with Crippen LogP contribution < -0.4 is 0 Å². The van der Waals surface area contributed by atoms with Crippen molar-refractivity contribution >= 4 is 11.8 Å². The molecule has 0 saturated heterocycles. The predicted octanol–water partition coefficient (Wildman–Crippen LogP) is 2.48. The summed E-state index contributed by atoms with van der Waals surface area (Å²) in [4.78, 5) is 0.867. The SMILES string of the molecule is CCOCSc1ccccc1O. The Kier molecular flexibility index (Phi) is 3.97. The van der Waals surface area contributed by atoms with Crippen LogP contribution in [0.15, 0.2) is 29.2 Å². The molecule has 1 rings (SSSR count). The third-order valence-corrected chi connectivity index (χ3v) is 2.31. The van der Waals surface area contributed by atoms with E-state index in [0.717, 1.165) is 4.90 Å². The molecular formula is C9H12O2S. The summed E-state index contributed by atoms with van der Waals surface area (Å²) in [6.07, 6.45) is 0. The van der Waals surface area contributed by atoms with Gasteiger partial charge in [0.15, 0.2) is 0 Å². The van der Waals surface area contributed by atoms with Gasteiger partial charge in [-0.2, -0.15) is 0 Å². The van der Waals surface area contributed by atoms with Gasteiger partial charge in [-0.25, -0.2) is 0 Å². The lowest BCUT2D eigenvalue weighted by molar-refractivity contribution is 0.199. The number of para-hydroxylation sites is 1. The van der Waals surface area contributed by atoms with Crippen molar-refractivity contribution < 1.29 is 9.84 Å².